The third kappa shape index (κ3) is 4.59. The van der Waals surface area contributed by atoms with Gasteiger partial charge in [0.2, 0.25) is 0 Å². The van der Waals surface area contributed by atoms with Gasteiger partial charge in [-0.05, 0) is 13.8 Å². The maximum atomic E-state index is 11.3. The van der Waals surface area contributed by atoms with Crippen LogP contribution in [0.3, 0.4) is 0 Å². The molecular formula is C8H15N7O2S. The van der Waals surface area contributed by atoms with E-state index in [0.717, 1.165) is 11.8 Å². The van der Waals surface area contributed by atoms with Crippen LogP contribution in [0.25, 0.3) is 0 Å². The molecule has 0 amide bonds. The van der Waals surface area contributed by atoms with Gasteiger partial charge in [-0.2, -0.15) is 15.1 Å². The van der Waals surface area contributed by atoms with Crippen LogP contribution in [0.2, 0.25) is 0 Å². The summed E-state index contributed by atoms with van der Waals surface area (Å²) in [6.45, 7) is 3.65. The lowest BCUT2D eigenvalue weighted by Crippen LogP contribution is -2.33. The van der Waals surface area contributed by atoms with Gasteiger partial charge in [0.15, 0.2) is 5.16 Å². The number of amidine groups is 1. The summed E-state index contributed by atoms with van der Waals surface area (Å²) in [5, 5.41) is 3.66. The second-order valence-electron chi connectivity index (χ2n) is 3.42. The lowest BCUT2D eigenvalue weighted by atomic mass is 10.5. The second-order valence-corrected chi connectivity index (χ2v) is 4.36. The Bertz CT molecular complexity index is 473. The molecule has 18 heavy (non-hydrogen) atoms. The van der Waals surface area contributed by atoms with Gasteiger partial charge in [0, 0.05) is 0 Å². The molecule has 9 nitrogen and oxygen atoms in total. The van der Waals surface area contributed by atoms with Crippen LogP contribution in [-0.2, 0) is 0 Å². The van der Waals surface area contributed by atoms with Crippen LogP contribution in [0, 0.1) is 0 Å². The summed E-state index contributed by atoms with van der Waals surface area (Å²) in [5.41, 5.74) is 1.78. The number of hydrazone groups is 1. The molecule has 1 rings (SSSR count). The number of rotatable bonds is 5. The maximum Gasteiger partial charge on any atom is 0.351 e. The van der Waals surface area contributed by atoms with E-state index in [9.17, 15) is 4.79 Å². The number of nitrogens with one attached hydrogen (secondary N) is 2. The number of hydrogen-bond donors (Lipinski definition) is 4. The first-order valence-corrected chi connectivity index (χ1v) is 6.05. The number of nitrogens with two attached hydrogens (primary N) is 2. The monoisotopic (exact) mass is 273 g/mol. The van der Waals surface area contributed by atoms with E-state index >= 15 is 0 Å². The highest BCUT2D eigenvalue weighted by Gasteiger charge is 2.07. The minimum atomic E-state index is -0.532. The Kier molecular flexibility index (Phi) is 5.39. The van der Waals surface area contributed by atoms with Crippen molar-refractivity contribution in [1.29, 1.82) is 0 Å². The average molecular weight is 273 g/mol. The van der Waals surface area contributed by atoms with E-state index in [-0.39, 0.29) is 17.3 Å². The van der Waals surface area contributed by atoms with E-state index in [0.29, 0.717) is 11.6 Å². The van der Waals surface area contributed by atoms with Crippen molar-refractivity contribution in [1.82, 2.24) is 20.4 Å². The fraction of sp³-hybridized carbons (Fsp3) is 0.500. The summed E-state index contributed by atoms with van der Waals surface area (Å²) < 4.78 is 5.28. The van der Waals surface area contributed by atoms with Gasteiger partial charge < -0.3 is 16.0 Å². The third-order valence-corrected chi connectivity index (χ3v) is 2.47. The molecule has 0 spiro atoms. The predicted octanol–water partition coefficient (Wildman–Crippen LogP) is -1.22. The van der Waals surface area contributed by atoms with Crippen LogP contribution in [0.5, 0.6) is 6.01 Å². The molecule has 6 N–H and O–H groups in total. The standard InChI is InChI=1S/C8H15N7O2S/c1-4(2)17-7-11-6(16)12-8(13-7)18-3-5(14-9)15-10/h4H,3,9-10H2,1-2H3,(H,14,15)(H,11,12,13,16). The number of H-pyrrole nitrogens is 1. The zero-order valence-corrected chi connectivity index (χ0v) is 10.8. The fourth-order valence-electron chi connectivity index (χ4n) is 0.939. The lowest BCUT2D eigenvalue weighted by Gasteiger charge is -2.08. The quantitative estimate of drug-likeness (QED) is 0.172. The molecule has 0 atom stereocenters. The normalized spacial score (nSPS) is 11.7. The van der Waals surface area contributed by atoms with Crippen LogP contribution >= 0.6 is 11.8 Å². The number of aromatic nitrogens is 3. The first-order valence-electron chi connectivity index (χ1n) is 5.06. The minimum Gasteiger partial charge on any atom is -0.462 e. The van der Waals surface area contributed by atoms with Gasteiger partial charge in [-0.25, -0.2) is 10.6 Å². The Hall–Kier alpha value is -1.81. The van der Waals surface area contributed by atoms with Crippen LogP contribution in [0.4, 0.5) is 0 Å². The molecule has 0 aliphatic carbocycles. The predicted molar refractivity (Wildman–Crippen MR) is 68.1 cm³/mol. The van der Waals surface area contributed by atoms with E-state index in [1.165, 1.54) is 0 Å². The second kappa shape index (κ2) is 6.81. The zero-order valence-electron chi connectivity index (χ0n) is 10.0. The van der Waals surface area contributed by atoms with E-state index in [1.807, 2.05) is 13.8 Å². The van der Waals surface area contributed by atoms with Crippen LogP contribution < -0.4 is 27.5 Å². The first kappa shape index (κ1) is 14.3. The van der Waals surface area contributed by atoms with Crippen molar-refractivity contribution in [2.45, 2.75) is 25.1 Å². The van der Waals surface area contributed by atoms with Crippen molar-refractivity contribution in [2.75, 3.05) is 5.75 Å². The molecule has 100 valence electrons. The largest absolute Gasteiger partial charge is 0.462 e. The van der Waals surface area contributed by atoms with E-state index in [1.54, 1.807) is 0 Å². The van der Waals surface area contributed by atoms with Crippen molar-refractivity contribution in [2.24, 2.45) is 16.8 Å². The van der Waals surface area contributed by atoms with Gasteiger partial charge in [-0.3, -0.25) is 4.98 Å². The molecule has 0 fully saturated rings. The number of thioether (sulfide) groups is 1. The van der Waals surface area contributed by atoms with Crippen molar-refractivity contribution in [3.05, 3.63) is 10.5 Å². The molecule has 1 heterocycles. The smallest absolute Gasteiger partial charge is 0.351 e. The Labute approximate surface area is 107 Å². The molecule has 1 aromatic rings. The maximum absolute atomic E-state index is 11.3. The van der Waals surface area contributed by atoms with Gasteiger partial charge >= 0.3 is 5.69 Å². The number of nitrogens with zero attached hydrogens (tertiary/aromatic N) is 3. The highest BCUT2D eigenvalue weighted by Crippen LogP contribution is 2.12. The molecule has 0 saturated heterocycles. The highest BCUT2D eigenvalue weighted by atomic mass is 32.2. The highest BCUT2D eigenvalue weighted by molar-refractivity contribution is 7.99. The first-order chi connectivity index (χ1) is 8.55. The van der Waals surface area contributed by atoms with Crippen molar-refractivity contribution in [3.63, 3.8) is 0 Å². The molecule has 0 bridgehead atoms. The molecule has 0 saturated carbocycles. The van der Waals surface area contributed by atoms with Crippen molar-refractivity contribution < 1.29 is 4.74 Å². The van der Waals surface area contributed by atoms with Gasteiger partial charge in [0.05, 0.1) is 11.9 Å². The molecule has 0 aliphatic heterocycles. The van der Waals surface area contributed by atoms with Crippen molar-refractivity contribution >= 4 is 17.6 Å². The fourth-order valence-corrected chi connectivity index (χ4v) is 1.66. The van der Waals surface area contributed by atoms with Crippen LogP contribution in [-0.4, -0.2) is 32.6 Å². The number of hydrazine groups is 1. The molecular weight excluding hydrogens is 258 g/mol. The molecule has 1 aromatic heterocycles. The Morgan fingerprint density at radius 2 is 2.33 bits per heavy atom. The summed E-state index contributed by atoms with van der Waals surface area (Å²) in [6, 6.07) is 0.124. The number of ether oxygens (including phenoxy) is 1. The molecule has 0 aliphatic rings. The SMILES string of the molecule is CC(C)Oc1nc(SC/C(=N/N)NN)nc(=O)[nH]1. The molecule has 0 unspecified atom stereocenters. The minimum absolute atomic E-state index is 0.0970. The number of aromatic amines is 1. The van der Waals surface area contributed by atoms with E-state index in [2.05, 4.69) is 25.5 Å². The Morgan fingerprint density at radius 3 is 2.89 bits per heavy atom. The molecule has 0 radical (unpaired) electrons. The summed E-state index contributed by atoms with van der Waals surface area (Å²) >= 11 is 1.16. The molecule has 0 aromatic carbocycles. The average Bonchev–Trinajstić information content (AvgIpc) is 2.28. The van der Waals surface area contributed by atoms with Crippen LogP contribution in [0.1, 0.15) is 13.8 Å². The van der Waals surface area contributed by atoms with Gasteiger partial charge in [0.1, 0.15) is 5.84 Å². The Balaban J connectivity index is 2.77. The van der Waals surface area contributed by atoms with Gasteiger partial charge in [-0.1, -0.05) is 11.8 Å². The third-order valence-electron chi connectivity index (χ3n) is 1.62. The topological polar surface area (TPSA) is 144 Å². The lowest BCUT2D eigenvalue weighted by molar-refractivity contribution is 0.218. The summed E-state index contributed by atoms with van der Waals surface area (Å²) in [4.78, 5) is 21.4. The van der Waals surface area contributed by atoms with E-state index in [4.69, 9.17) is 16.4 Å². The zero-order chi connectivity index (χ0) is 13.5. The van der Waals surface area contributed by atoms with Crippen molar-refractivity contribution in [3.8, 4) is 6.01 Å². The summed E-state index contributed by atoms with van der Waals surface area (Å²) in [7, 11) is 0. The summed E-state index contributed by atoms with van der Waals surface area (Å²) in [6.07, 6.45) is -0.0970. The van der Waals surface area contributed by atoms with Gasteiger partial charge in [0.25, 0.3) is 6.01 Å². The summed E-state index contributed by atoms with van der Waals surface area (Å²) in [5.74, 6) is 10.9. The molecule has 10 heteroatoms. The van der Waals surface area contributed by atoms with E-state index < -0.39 is 5.69 Å². The van der Waals surface area contributed by atoms with Gasteiger partial charge in [-0.15, -0.1) is 0 Å². The Morgan fingerprint density at radius 1 is 1.61 bits per heavy atom. The van der Waals surface area contributed by atoms with Crippen LogP contribution in [0.15, 0.2) is 15.1 Å². The number of hydrogen-bond acceptors (Lipinski definition) is 8.